The van der Waals surface area contributed by atoms with Crippen molar-refractivity contribution in [2.75, 3.05) is 46.4 Å². The van der Waals surface area contributed by atoms with Crippen molar-refractivity contribution in [3.63, 3.8) is 0 Å². The SMILES string of the molecule is COCCN1CCN(C(=O)c2cn[nH]c2-c2cccc(C)c2)CC1. The minimum absolute atomic E-state index is 0.0478. The summed E-state index contributed by atoms with van der Waals surface area (Å²) in [6.45, 7) is 6.92. The Morgan fingerprint density at radius 3 is 2.79 bits per heavy atom. The highest BCUT2D eigenvalue weighted by Crippen LogP contribution is 2.23. The number of ether oxygens (including phenoxy) is 1. The van der Waals surface area contributed by atoms with E-state index in [-0.39, 0.29) is 5.91 Å². The van der Waals surface area contributed by atoms with Gasteiger partial charge in [0.1, 0.15) is 0 Å². The summed E-state index contributed by atoms with van der Waals surface area (Å²) in [5, 5.41) is 7.08. The second-order valence-electron chi connectivity index (χ2n) is 6.15. The van der Waals surface area contributed by atoms with Crippen LogP contribution in [0, 0.1) is 6.92 Å². The maximum absolute atomic E-state index is 12.9. The molecule has 1 aliphatic heterocycles. The lowest BCUT2D eigenvalue weighted by Crippen LogP contribution is -2.49. The normalized spacial score (nSPS) is 15.7. The molecule has 1 amide bonds. The van der Waals surface area contributed by atoms with Gasteiger partial charge in [-0.1, -0.05) is 23.8 Å². The minimum atomic E-state index is 0.0478. The lowest BCUT2D eigenvalue weighted by molar-refractivity contribution is 0.0595. The molecule has 0 unspecified atom stereocenters. The fourth-order valence-electron chi connectivity index (χ4n) is 3.03. The van der Waals surface area contributed by atoms with E-state index >= 15 is 0 Å². The largest absolute Gasteiger partial charge is 0.383 e. The molecular formula is C18H24N4O2. The van der Waals surface area contributed by atoms with E-state index in [0.717, 1.165) is 56.2 Å². The summed E-state index contributed by atoms with van der Waals surface area (Å²) in [6.07, 6.45) is 1.64. The summed E-state index contributed by atoms with van der Waals surface area (Å²) in [5.74, 6) is 0.0478. The third-order valence-electron chi connectivity index (χ3n) is 4.45. The van der Waals surface area contributed by atoms with Gasteiger partial charge in [0.25, 0.3) is 5.91 Å². The molecule has 0 aliphatic carbocycles. The molecule has 3 rings (SSSR count). The van der Waals surface area contributed by atoms with Crippen LogP contribution in [0.1, 0.15) is 15.9 Å². The van der Waals surface area contributed by atoms with Gasteiger partial charge in [-0.2, -0.15) is 5.10 Å². The smallest absolute Gasteiger partial charge is 0.257 e. The Balaban J connectivity index is 1.70. The maximum atomic E-state index is 12.9. The number of carbonyl (C=O) groups is 1. The summed E-state index contributed by atoms with van der Waals surface area (Å²) >= 11 is 0. The molecule has 1 N–H and O–H groups in total. The molecule has 0 saturated carbocycles. The third kappa shape index (κ3) is 3.66. The van der Waals surface area contributed by atoms with Crippen molar-refractivity contribution in [1.29, 1.82) is 0 Å². The number of nitrogens with one attached hydrogen (secondary N) is 1. The van der Waals surface area contributed by atoms with E-state index in [9.17, 15) is 4.79 Å². The summed E-state index contributed by atoms with van der Waals surface area (Å²) in [7, 11) is 1.71. The molecule has 1 aromatic carbocycles. The number of H-pyrrole nitrogens is 1. The number of nitrogens with zero attached hydrogens (tertiary/aromatic N) is 3. The number of hydrogen-bond donors (Lipinski definition) is 1. The van der Waals surface area contributed by atoms with Crippen LogP contribution in [0.25, 0.3) is 11.3 Å². The first kappa shape index (κ1) is 16.7. The van der Waals surface area contributed by atoms with E-state index in [2.05, 4.69) is 21.2 Å². The Kier molecular flexibility index (Phi) is 5.27. The molecule has 1 aromatic heterocycles. The molecule has 1 fully saturated rings. The average molecular weight is 328 g/mol. The number of aromatic amines is 1. The molecule has 2 aromatic rings. The molecule has 6 nitrogen and oxygen atoms in total. The Bertz CT molecular complexity index is 690. The van der Waals surface area contributed by atoms with E-state index in [0.29, 0.717) is 5.56 Å². The van der Waals surface area contributed by atoms with E-state index in [1.54, 1.807) is 13.3 Å². The number of aryl methyl sites for hydroxylation is 1. The van der Waals surface area contributed by atoms with E-state index in [1.807, 2.05) is 30.0 Å². The zero-order valence-corrected chi connectivity index (χ0v) is 14.3. The maximum Gasteiger partial charge on any atom is 0.257 e. The molecule has 128 valence electrons. The summed E-state index contributed by atoms with van der Waals surface area (Å²) < 4.78 is 5.12. The first-order valence-electron chi connectivity index (χ1n) is 8.30. The lowest BCUT2D eigenvalue weighted by atomic mass is 10.0. The quantitative estimate of drug-likeness (QED) is 0.909. The van der Waals surface area contributed by atoms with Crippen LogP contribution in [0.15, 0.2) is 30.5 Å². The highest BCUT2D eigenvalue weighted by Gasteiger charge is 2.25. The third-order valence-corrected chi connectivity index (χ3v) is 4.45. The molecule has 0 atom stereocenters. The number of methoxy groups -OCH3 is 1. The molecule has 6 heteroatoms. The molecule has 2 heterocycles. The van der Waals surface area contributed by atoms with Crippen molar-refractivity contribution in [1.82, 2.24) is 20.0 Å². The van der Waals surface area contributed by atoms with Gasteiger partial charge in [-0.3, -0.25) is 14.8 Å². The molecule has 0 radical (unpaired) electrons. The second-order valence-corrected chi connectivity index (χ2v) is 6.15. The molecule has 0 spiro atoms. The van der Waals surface area contributed by atoms with Crippen LogP contribution in [0.4, 0.5) is 0 Å². The van der Waals surface area contributed by atoms with Gasteiger partial charge in [-0.25, -0.2) is 0 Å². The molecule has 0 bridgehead atoms. The van der Waals surface area contributed by atoms with E-state index < -0.39 is 0 Å². The van der Waals surface area contributed by atoms with Gasteiger partial charge in [-0.05, 0) is 13.0 Å². The van der Waals surface area contributed by atoms with Gasteiger partial charge in [0, 0.05) is 45.4 Å². The first-order chi connectivity index (χ1) is 11.7. The lowest BCUT2D eigenvalue weighted by Gasteiger charge is -2.34. The number of rotatable bonds is 5. The second kappa shape index (κ2) is 7.59. The number of aromatic nitrogens is 2. The van der Waals surface area contributed by atoms with Crippen LogP contribution >= 0.6 is 0 Å². The van der Waals surface area contributed by atoms with Crippen LogP contribution in [-0.2, 0) is 4.74 Å². The van der Waals surface area contributed by atoms with Crippen LogP contribution < -0.4 is 0 Å². The van der Waals surface area contributed by atoms with Crippen molar-refractivity contribution in [2.24, 2.45) is 0 Å². The standard InChI is InChI=1S/C18H24N4O2/c1-14-4-3-5-15(12-14)17-16(13-19-20-17)18(23)22-8-6-21(7-9-22)10-11-24-2/h3-5,12-13H,6-11H2,1-2H3,(H,19,20). The van der Waals surface area contributed by atoms with Crippen LogP contribution in [0.3, 0.4) is 0 Å². The minimum Gasteiger partial charge on any atom is -0.383 e. The number of benzene rings is 1. The van der Waals surface area contributed by atoms with Crippen LogP contribution in [-0.4, -0.2) is 72.3 Å². The van der Waals surface area contributed by atoms with Crippen molar-refractivity contribution in [3.05, 3.63) is 41.6 Å². The van der Waals surface area contributed by atoms with Gasteiger partial charge in [-0.15, -0.1) is 0 Å². The highest BCUT2D eigenvalue weighted by molar-refractivity contribution is 5.99. The number of hydrogen-bond acceptors (Lipinski definition) is 4. The fourth-order valence-corrected chi connectivity index (χ4v) is 3.03. The van der Waals surface area contributed by atoms with Crippen molar-refractivity contribution in [3.8, 4) is 11.3 Å². The van der Waals surface area contributed by atoms with Gasteiger partial charge in [0.2, 0.25) is 0 Å². The van der Waals surface area contributed by atoms with Crippen LogP contribution in [0.5, 0.6) is 0 Å². The van der Waals surface area contributed by atoms with Gasteiger partial charge in [0.05, 0.1) is 24.1 Å². The molecule has 1 aliphatic rings. The molecular weight excluding hydrogens is 304 g/mol. The first-order valence-corrected chi connectivity index (χ1v) is 8.30. The zero-order chi connectivity index (χ0) is 16.9. The predicted molar refractivity (Wildman–Crippen MR) is 93.0 cm³/mol. The zero-order valence-electron chi connectivity index (χ0n) is 14.3. The van der Waals surface area contributed by atoms with Crippen molar-refractivity contribution in [2.45, 2.75) is 6.92 Å². The Labute approximate surface area is 142 Å². The van der Waals surface area contributed by atoms with Crippen molar-refractivity contribution >= 4 is 5.91 Å². The number of piperazine rings is 1. The molecule has 24 heavy (non-hydrogen) atoms. The predicted octanol–water partition coefficient (Wildman–Crippen LogP) is 1.79. The van der Waals surface area contributed by atoms with Crippen molar-refractivity contribution < 1.29 is 9.53 Å². The van der Waals surface area contributed by atoms with Crippen LogP contribution in [0.2, 0.25) is 0 Å². The van der Waals surface area contributed by atoms with Gasteiger partial charge in [0.15, 0.2) is 0 Å². The topological polar surface area (TPSA) is 61.5 Å². The highest BCUT2D eigenvalue weighted by atomic mass is 16.5. The van der Waals surface area contributed by atoms with Gasteiger partial charge >= 0.3 is 0 Å². The summed E-state index contributed by atoms with van der Waals surface area (Å²) in [6, 6.07) is 8.10. The Hall–Kier alpha value is -2.18. The Morgan fingerprint density at radius 1 is 1.29 bits per heavy atom. The molecule has 1 saturated heterocycles. The fraction of sp³-hybridized carbons (Fsp3) is 0.444. The average Bonchev–Trinajstić information content (AvgIpc) is 3.09. The van der Waals surface area contributed by atoms with E-state index in [1.165, 1.54) is 0 Å². The summed E-state index contributed by atoms with van der Waals surface area (Å²) in [4.78, 5) is 17.1. The number of amides is 1. The number of carbonyl (C=O) groups excluding carboxylic acids is 1. The monoisotopic (exact) mass is 328 g/mol. The Morgan fingerprint density at radius 2 is 2.08 bits per heavy atom. The van der Waals surface area contributed by atoms with Gasteiger partial charge < -0.3 is 9.64 Å². The summed E-state index contributed by atoms with van der Waals surface area (Å²) in [5.41, 5.74) is 3.60. The van der Waals surface area contributed by atoms with E-state index in [4.69, 9.17) is 4.74 Å².